The van der Waals surface area contributed by atoms with Crippen LogP contribution in [-0.2, 0) is 0 Å². The fourth-order valence-electron chi connectivity index (χ4n) is 1.21. The molecule has 0 unspecified atom stereocenters. The summed E-state index contributed by atoms with van der Waals surface area (Å²) >= 11 is 5.81. The zero-order valence-electron chi connectivity index (χ0n) is 9.57. The Bertz CT molecular complexity index is 364. The number of halogens is 1. The molecule has 0 saturated heterocycles. The molecule has 1 aromatic rings. The lowest BCUT2D eigenvalue weighted by atomic mass is 10.2. The van der Waals surface area contributed by atoms with Gasteiger partial charge in [-0.3, -0.25) is 4.99 Å². The van der Waals surface area contributed by atoms with Gasteiger partial charge >= 0.3 is 0 Å². The van der Waals surface area contributed by atoms with Crippen molar-refractivity contribution in [2.45, 2.75) is 19.9 Å². The van der Waals surface area contributed by atoms with Crippen LogP contribution in [-0.4, -0.2) is 30.5 Å². The molecule has 0 amide bonds. The highest BCUT2D eigenvalue weighted by Crippen LogP contribution is 2.19. The van der Waals surface area contributed by atoms with Gasteiger partial charge in [-0.1, -0.05) is 25.4 Å². The van der Waals surface area contributed by atoms with E-state index in [1.165, 1.54) is 0 Å². The van der Waals surface area contributed by atoms with E-state index in [0.29, 0.717) is 23.2 Å². The van der Waals surface area contributed by atoms with E-state index in [9.17, 15) is 5.11 Å². The zero-order valence-corrected chi connectivity index (χ0v) is 10.3. The number of benzene rings is 1. The van der Waals surface area contributed by atoms with Gasteiger partial charge in [0.15, 0.2) is 0 Å². The molecule has 0 saturated carbocycles. The second-order valence-corrected chi connectivity index (χ2v) is 4.28. The second-order valence-electron chi connectivity index (χ2n) is 3.85. The highest BCUT2D eigenvalue weighted by molar-refractivity contribution is 6.30. The smallest absolute Gasteiger partial charge is 0.124 e. The molecular weight excluding hydrogens is 224 g/mol. The van der Waals surface area contributed by atoms with Gasteiger partial charge in [-0.05, 0) is 18.2 Å². The number of aliphatic imine (C=N–C) groups is 1. The summed E-state index contributed by atoms with van der Waals surface area (Å²) in [4.78, 5) is 4.21. The Balaban J connectivity index is 2.46. The van der Waals surface area contributed by atoms with Crippen LogP contribution in [0.1, 0.15) is 19.4 Å². The van der Waals surface area contributed by atoms with Crippen LogP contribution in [0, 0.1) is 0 Å². The number of phenolic OH excluding ortho intramolecular Hbond substituents is 1. The van der Waals surface area contributed by atoms with Crippen molar-refractivity contribution in [3.63, 3.8) is 0 Å². The second kappa shape index (κ2) is 6.51. The summed E-state index contributed by atoms with van der Waals surface area (Å²) in [6, 6.07) is 5.37. The Morgan fingerprint density at radius 3 is 2.94 bits per heavy atom. The maximum Gasteiger partial charge on any atom is 0.124 e. The molecule has 0 aliphatic rings. The molecule has 0 spiro atoms. The molecule has 88 valence electrons. The Labute approximate surface area is 101 Å². The van der Waals surface area contributed by atoms with Crippen LogP contribution in [0.4, 0.5) is 0 Å². The molecule has 0 bridgehead atoms. The van der Waals surface area contributed by atoms with Gasteiger partial charge in [-0.25, -0.2) is 0 Å². The van der Waals surface area contributed by atoms with Gasteiger partial charge in [0.2, 0.25) is 0 Å². The summed E-state index contributed by atoms with van der Waals surface area (Å²) in [6.45, 7) is 5.69. The van der Waals surface area contributed by atoms with Gasteiger partial charge in [0.1, 0.15) is 5.75 Å². The van der Waals surface area contributed by atoms with Crippen molar-refractivity contribution in [3.8, 4) is 5.75 Å². The van der Waals surface area contributed by atoms with Crippen LogP contribution >= 0.6 is 11.6 Å². The lowest BCUT2D eigenvalue weighted by molar-refractivity contribution is 0.474. The molecule has 1 rings (SSSR count). The zero-order chi connectivity index (χ0) is 12.0. The third kappa shape index (κ3) is 4.64. The predicted molar refractivity (Wildman–Crippen MR) is 68.7 cm³/mol. The fourth-order valence-corrected chi connectivity index (χ4v) is 1.39. The number of hydrogen-bond acceptors (Lipinski definition) is 3. The minimum Gasteiger partial charge on any atom is -0.507 e. The monoisotopic (exact) mass is 240 g/mol. The van der Waals surface area contributed by atoms with E-state index in [1.807, 2.05) is 0 Å². The third-order valence-corrected chi connectivity index (χ3v) is 2.25. The van der Waals surface area contributed by atoms with Crippen molar-refractivity contribution < 1.29 is 5.11 Å². The van der Waals surface area contributed by atoms with Crippen molar-refractivity contribution in [3.05, 3.63) is 28.8 Å². The van der Waals surface area contributed by atoms with E-state index in [0.717, 1.165) is 6.54 Å². The van der Waals surface area contributed by atoms with Gasteiger partial charge < -0.3 is 10.4 Å². The van der Waals surface area contributed by atoms with Crippen LogP contribution in [0.2, 0.25) is 5.02 Å². The standard InChI is InChI=1S/C12H17ClN2O/c1-9(2)15-6-5-14-8-10-7-11(13)3-4-12(10)16/h3-4,7-9,15-16H,5-6H2,1-2H3. The summed E-state index contributed by atoms with van der Waals surface area (Å²) in [7, 11) is 0. The predicted octanol–water partition coefficient (Wildman–Crippen LogP) is 2.46. The first-order chi connectivity index (χ1) is 7.59. The quantitative estimate of drug-likeness (QED) is 0.614. The summed E-state index contributed by atoms with van der Waals surface area (Å²) in [5.41, 5.74) is 0.650. The van der Waals surface area contributed by atoms with Crippen LogP contribution < -0.4 is 5.32 Å². The number of aromatic hydroxyl groups is 1. The Morgan fingerprint density at radius 2 is 2.25 bits per heavy atom. The molecule has 0 heterocycles. The van der Waals surface area contributed by atoms with Gasteiger partial charge in [0, 0.05) is 29.4 Å². The molecule has 0 aliphatic carbocycles. The largest absolute Gasteiger partial charge is 0.507 e. The van der Waals surface area contributed by atoms with Crippen LogP contribution in [0.15, 0.2) is 23.2 Å². The minimum atomic E-state index is 0.199. The number of hydrogen-bond donors (Lipinski definition) is 2. The summed E-state index contributed by atoms with van der Waals surface area (Å²) in [6.07, 6.45) is 1.64. The highest BCUT2D eigenvalue weighted by Gasteiger charge is 1.98. The SMILES string of the molecule is CC(C)NCCN=Cc1cc(Cl)ccc1O. The molecule has 0 aromatic heterocycles. The lowest BCUT2D eigenvalue weighted by Gasteiger charge is -2.04. The molecular formula is C12H17ClN2O. The summed E-state index contributed by atoms with van der Waals surface area (Å²) < 4.78 is 0. The van der Waals surface area contributed by atoms with Gasteiger partial charge in [-0.15, -0.1) is 0 Å². The molecule has 0 aliphatic heterocycles. The topological polar surface area (TPSA) is 44.6 Å². The average Bonchev–Trinajstić information content (AvgIpc) is 2.22. The van der Waals surface area contributed by atoms with E-state index < -0.39 is 0 Å². The van der Waals surface area contributed by atoms with Crippen LogP contribution in [0.5, 0.6) is 5.75 Å². The first kappa shape index (κ1) is 13.0. The molecule has 1 aromatic carbocycles. The van der Waals surface area contributed by atoms with Crippen molar-refractivity contribution in [2.75, 3.05) is 13.1 Å². The Hall–Kier alpha value is -1.06. The molecule has 4 heteroatoms. The molecule has 0 atom stereocenters. The summed E-state index contributed by atoms with van der Waals surface area (Å²) in [5, 5.41) is 13.4. The van der Waals surface area contributed by atoms with Gasteiger partial charge in [0.25, 0.3) is 0 Å². The number of phenols is 1. The first-order valence-electron chi connectivity index (χ1n) is 5.31. The lowest BCUT2D eigenvalue weighted by Crippen LogP contribution is -2.25. The van der Waals surface area contributed by atoms with E-state index in [2.05, 4.69) is 24.2 Å². The van der Waals surface area contributed by atoms with Crippen LogP contribution in [0.25, 0.3) is 0 Å². The summed E-state index contributed by atoms with van der Waals surface area (Å²) in [5.74, 6) is 0.199. The number of nitrogens with one attached hydrogen (secondary N) is 1. The molecule has 16 heavy (non-hydrogen) atoms. The molecule has 2 N–H and O–H groups in total. The van der Waals surface area contributed by atoms with Crippen molar-refractivity contribution in [1.29, 1.82) is 0 Å². The normalized spacial score (nSPS) is 11.5. The molecule has 0 radical (unpaired) electrons. The van der Waals surface area contributed by atoms with Gasteiger partial charge in [0.05, 0.1) is 6.54 Å². The Kier molecular flexibility index (Phi) is 5.29. The van der Waals surface area contributed by atoms with E-state index >= 15 is 0 Å². The molecule has 3 nitrogen and oxygen atoms in total. The Morgan fingerprint density at radius 1 is 1.50 bits per heavy atom. The highest BCUT2D eigenvalue weighted by atomic mass is 35.5. The number of nitrogens with zero attached hydrogens (tertiary/aromatic N) is 1. The fraction of sp³-hybridized carbons (Fsp3) is 0.417. The van der Waals surface area contributed by atoms with Crippen molar-refractivity contribution in [2.24, 2.45) is 4.99 Å². The minimum absolute atomic E-state index is 0.199. The van der Waals surface area contributed by atoms with Crippen molar-refractivity contribution >= 4 is 17.8 Å². The number of rotatable bonds is 5. The first-order valence-corrected chi connectivity index (χ1v) is 5.69. The third-order valence-electron chi connectivity index (χ3n) is 2.01. The van der Waals surface area contributed by atoms with Gasteiger partial charge in [-0.2, -0.15) is 0 Å². The van der Waals surface area contributed by atoms with E-state index in [-0.39, 0.29) is 5.75 Å². The maximum atomic E-state index is 9.51. The average molecular weight is 241 g/mol. The van der Waals surface area contributed by atoms with Crippen LogP contribution in [0.3, 0.4) is 0 Å². The van der Waals surface area contributed by atoms with Crippen molar-refractivity contribution in [1.82, 2.24) is 5.32 Å². The molecule has 0 fully saturated rings. The van der Waals surface area contributed by atoms with E-state index in [1.54, 1.807) is 24.4 Å². The van der Waals surface area contributed by atoms with E-state index in [4.69, 9.17) is 11.6 Å². The maximum absolute atomic E-state index is 9.51.